The molecule has 4 aliphatic carbocycles. The summed E-state index contributed by atoms with van der Waals surface area (Å²) in [7, 11) is 0. The largest absolute Gasteiger partial charge is 0.393 e. The molecule has 0 aromatic heterocycles. The number of nitrogens with two attached hydrogens (primary N) is 1. The number of carbonyl (C=O) groups excluding carboxylic acids is 1. The second kappa shape index (κ2) is 13.8. The Morgan fingerprint density at radius 3 is 2.56 bits per heavy atom. The maximum atomic E-state index is 14.2. The van der Waals surface area contributed by atoms with Gasteiger partial charge in [-0.25, -0.2) is 0 Å². The fourth-order valence-corrected chi connectivity index (χ4v) is 12.8. The summed E-state index contributed by atoms with van der Waals surface area (Å²) >= 11 is 0. The van der Waals surface area contributed by atoms with Gasteiger partial charge < -0.3 is 35.8 Å². The molecule has 3 saturated carbocycles. The van der Waals surface area contributed by atoms with Gasteiger partial charge in [-0.15, -0.1) is 0 Å². The molecule has 7 aliphatic rings. The second-order valence-electron chi connectivity index (χ2n) is 19.7. The number of hydrogen-bond acceptors (Lipinski definition) is 8. The van der Waals surface area contributed by atoms with Crippen LogP contribution in [-0.2, 0) is 14.3 Å². The Balaban J connectivity index is 1.18. The van der Waals surface area contributed by atoms with Crippen LogP contribution in [0.5, 0.6) is 0 Å². The minimum absolute atomic E-state index is 0.0260. The quantitative estimate of drug-likeness (QED) is 0.107. The molecule has 7 rings (SSSR count). The summed E-state index contributed by atoms with van der Waals surface area (Å²) in [4.78, 5) is 14.2. The number of aliphatic hydroxyl groups excluding tert-OH is 1. The first-order valence-corrected chi connectivity index (χ1v) is 21.1. The van der Waals surface area contributed by atoms with Crippen molar-refractivity contribution in [3.63, 3.8) is 0 Å². The van der Waals surface area contributed by atoms with Crippen LogP contribution in [0.1, 0.15) is 144 Å². The van der Waals surface area contributed by atoms with Crippen molar-refractivity contribution in [2.45, 2.75) is 179 Å². The molecule has 0 aromatic rings. The van der Waals surface area contributed by atoms with Crippen molar-refractivity contribution >= 4 is 5.78 Å². The number of rotatable bonds is 12. The van der Waals surface area contributed by atoms with Gasteiger partial charge in [0.15, 0.2) is 5.78 Å². The van der Waals surface area contributed by atoms with E-state index in [4.69, 9.17) is 15.2 Å². The fraction of sp³-hybridized carbons (Fsp3) is 0.841. The van der Waals surface area contributed by atoms with Crippen molar-refractivity contribution in [2.24, 2.45) is 45.7 Å². The molecule has 2 saturated heterocycles. The number of aliphatic hydroxyl groups is 3. The Morgan fingerprint density at radius 2 is 1.83 bits per heavy atom. The van der Waals surface area contributed by atoms with Gasteiger partial charge in [-0.1, -0.05) is 66.4 Å². The van der Waals surface area contributed by atoms with Crippen molar-refractivity contribution in [1.29, 1.82) is 0 Å². The molecule has 0 aromatic carbocycles. The zero-order valence-electron chi connectivity index (χ0n) is 33.1. The van der Waals surface area contributed by atoms with Crippen LogP contribution >= 0.6 is 0 Å². The number of ether oxygens (including phenoxy) is 2. The number of epoxide rings is 1. The first-order valence-electron chi connectivity index (χ1n) is 21.1. The highest BCUT2D eigenvalue weighted by atomic mass is 16.6. The highest BCUT2D eigenvalue weighted by molar-refractivity contribution is 5.95. The predicted octanol–water partition coefficient (Wildman–Crippen LogP) is 7.01. The number of ketones is 1. The van der Waals surface area contributed by atoms with E-state index in [-0.39, 0.29) is 41.2 Å². The number of nitrogens with one attached hydrogen (secondary N) is 1. The molecule has 8 nitrogen and oxygen atoms in total. The van der Waals surface area contributed by atoms with E-state index in [0.29, 0.717) is 31.2 Å². The van der Waals surface area contributed by atoms with Crippen LogP contribution in [0.3, 0.4) is 0 Å². The molecule has 0 unspecified atom stereocenters. The standard InChI is InChI=1S/C44H70N2O6/c1-7-8-9-10-17-42-20-12-30(47)25-33(42)34(48)26-32-31(42)13-19-40(5)35(14-21-44(32,40)50)43(27-28(2)16-23-51-43)38-37(52-38)41(6,49)39(3,4)18-11-29-15-22-46-36(45)24-29/h15,24,26,28,30-31,33,35,37-38,46-47,49-50H,7-14,16-23,25,27,45H2,1-6H3/t28-,30-,31-,33-,35-,37-,38-,40+,41-,42+,43+,44+/m0/s1. The molecule has 5 fully saturated rings. The Bertz CT molecular complexity index is 1470. The van der Waals surface area contributed by atoms with Gasteiger partial charge in [-0.3, -0.25) is 4.79 Å². The maximum Gasteiger partial charge on any atom is 0.159 e. The van der Waals surface area contributed by atoms with Crippen molar-refractivity contribution in [1.82, 2.24) is 5.32 Å². The van der Waals surface area contributed by atoms with Crippen LogP contribution in [0.25, 0.3) is 0 Å². The van der Waals surface area contributed by atoms with E-state index in [1.54, 1.807) is 0 Å². The summed E-state index contributed by atoms with van der Waals surface area (Å²) in [5.41, 5.74) is 4.28. The van der Waals surface area contributed by atoms with Crippen LogP contribution < -0.4 is 11.1 Å². The average Bonchev–Trinajstić information content (AvgIpc) is 3.87. The topological polar surface area (TPSA) is 138 Å². The number of carbonyl (C=O) groups is 1. The Hall–Kier alpha value is -1.71. The Morgan fingerprint density at radius 1 is 1.04 bits per heavy atom. The van der Waals surface area contributed by atoms with Crippen molar-refractivity contribution in [2.75, 3.05) is 13.2 Å². The van der Waals surface area contributed by atoms with E-state index in [2.05, 4.69) is 46.0 Å². The maximum absolute atomic E-state index is 14.2. The van der Waals surface area contributed by atoms with Crippen LogP contribution in [0.4, 0.5) is 0 Å². The SMILES string of the molecule is CCCCCC[C@]12CC[C@H](O)C[C@H]1C(=O)C=C1[C@@H]2CC[C@]2(C)[C@@H]([C@@]3([C@H]4O[C@@H]4[C@](C)(O)C(C)(C)CCC4=CCNC(N)=C4)C[C@@H](C)CCO3)CC[C@@]12O. The zero-order valence-corrected chi connectivity index (χ0v) is 33.1. The van der Waals surface area contributed by atoms with Crippen LogP contribution in [-0.4, -0.2) is 69.4 Å². The molecule has 8 heteroatoms. The minimum atomic E-state index is -1.10. The third-order valence-electron chi connectivity index (χ3n) is 16.5. The number of unbranched alkanes of at least 4 members (excludes halogenated alkanes) is 3. The van der Waals surface area contributed by atoms with Gasteiger partial charge in [0.1, 0.15) is 17.8 Å². The first kappa shape index (κ1) is 38.6. The lowest BCUT2D eigenvalue weighted by atomic mass is 9.44. The van der Waals surface area contributed by atoms with E-state index >= 15 is 0 Å². The molecule has 3 aliphatic heterocycles. The minimum Gasteiger partial charge on any atom is -0.393 e. The predicted molar refractivity (Wildman–Crippen MR) is 204 cm³/mol. The van der Waals surface area contributed by atoms with Gasteiger partial charge in [0, 0.05) is 24.5 Å². The lowest BCUT2D eigenvalue weighted by Crippen LogP contribution is -2.63. The normalized spacial score (nSPS) is 44.3. The summed E-state index contributed by atoms with van der Waals surface area (Å²) in [6, 6.07) is 0. The lowest BCUT2D eigenvalue weighted by molar-refractivity contribution is -0.194. The monoisotopic (exact) mass is 723 g/mol. The lowest BCUT2D eigenvalue weighted by Gasteiger charge is -2.62. The number of hydrogen-bond donors (Lipinski definition) is 5. The Kier molecular flexibility index (Phi) is 10.2. The third-order valence-corrected chi connectivity index (χ3v) is 16.5. The molecule has 0 amide bonds. The first-order chi connectivity index (χ1) is 24.5. The van der Waals surface area contributed by atoms with Gasteiger partial charge in [0.05, 0.1) is 23.1 Å². The summed E-state index contributed by atoms with van der Waals surface area (Å²) in [6.07, 6.45) is 19.4. The molecule has 52 heavy (non-hydrogen) atoms. The second-order valence-corrected chi connectivity index (χ2v) is 19.7. The van der Waals surface area contributed by atoms with Crippen molar-refractivity contribution < 1.29 is 29.6 Å². The van der Waals surface area contributed by atoms with Gasteiger partial charge in [-0.05, 0) is 136 Å². The van der Waals surface area contributed by atoms with Crippen LogP contribution in [0.15, 0.2) is 35.2 Å². The third kappa shape index (κ3) is 6.08. The van der Waals surface area contributed by atoms with Gasteiger partial charge >= 0.3 is 0 Å². The van der Waals surface area contributed by atoms with Gasteiger partial charge in [-0.2, -0.15) is 0 Å². The van der Waals surface area contributed by atoms with E-state index < -0.39 is 33.7 Å². The molecular formula is C44H70N2O6. The molecule has 0 bridgehead atoms. The molecular weight excluding hydrogens is 652 g/mol. The summed E-state index contributed by atoms with van der Waals surface area (Å²) < 4.78 is 13.8. The van der Waals surface area contributed by atoms with Crippen molar-refractivity contribution in [3.05, 3.63) is 35.2 Å². The molecule has 12 atom stereocenters. The molecule has 0 spiro atoms. The fourth-order valence-electron chi connectivity index (χ4n) is 12.8. The van der Waals surface area contributed by atoms with E-state index in [9.17, 15) is 20.1 Å². The van der Waals surface area contributed by atoms with Crippen LogP contribution in [0.2, 0.25) is 0 Å². The van der Waals surface area contributed by atoms with E-state index in [1.165, 1.54) is 24.8 Å². The Labute approximate surface area is 313 Å². The van der Waals surface area contributed by atoms with Crippen molar-refractivity contribution in [3.8, 4) is 0 Å². The summed E-state index contributed by atoms with van der Waals surface area (Å²) in [6.45, 7) is 14.5. The summed E-state index contributed by atoms with van der Waals surface area (Å²) in [5, 5.41) is 39.6. The average molecular weight is 723 g/mol. The van der Waals surface area contributed by atoms with Gasteiger partial charge in [0.2, 0.25) is 0 Å². The number of fused-ring (bicyclic) bond motifs is 5. The highest BCUT2D eigenvalue weighted by Gasteiger charge is 2.75. The van der Waals surface area contributed by atoms with Gasteiger partial charge in [0.25, 0.3) is 0 Å². The number of dihydropyridines is 1. The number of allylic oxidation sites excluding steroid dienone is 3. The van der Waals surface area contributed by atoms with Crippen LogP contribution in [0, 0.1) is 39.9 Å². The summed E-state index contributed by atoms with van der Waals surface area (Å²) in [5.74, 6) is 1.28. The molecule has 3 heterocycles. The molecule has 6 N–H and O–H groups in total. The highest BCUT2D eigenvalue weighted by Crippen LogP contribution is 2.71. The van der Waals surface area contributed by atoms with E-state index in [0.717, 1.165) is 82.7 Å². The zero-order chi connectivity index (χ0) is 37.3. The molecule has 0 radical (unpaired) electrons. The molecule has 292 valence electrons. The smallest absolute Gasteiger partial charge is 0.159 e. The van der Waals surface area contributed by atoms with E-state index in [1.807, 2.05) is 19.1 Å².